The molecule has 0 aromatic heterocycles. The van der Waals surface area contributed by atoms with Gasteiger partial charge >= 0.3 is 0 Å². The summed E-state index contributed by atoms with van der Waals surface area (Å²) in [6.45, 7) is 0.490. The molecule has 0 saturated carbocycles. The zero-order chi connectivity index (χ0) is 11.1. The van der Waals surface area contributed by atoms with Gasteiger partial charge in [-0.3, -0.25) is 4.79 Å². The van der Waals surface area contributed by atoms with Crippen molar-refractivity contribution in [2.75, 3.05) is 18.4 Å². The first-order chi connectivity index (χ1) is 7.22. The summed E-state index contributed by atoms with van der Waals surface area (Å²) < 4.78 is 1.00. The molecule has 0 saturated heterocycles. The molecular weight excluding hydrogens is 256 g/mol. The molecule has 0 fully saturated rings. The van der Waals surface area contributed by atoms with Gasteiger partial charge < -0.3 is 10.6 Å². The van der Waals surface area contributed by atoms with E-state index in [0.717, 1.165) is 10.2 Å². The van der Waals surface area contributed by atoms with Crippen LogP contribution in [0.5, 0.6) is 0 Å². The molecule has 0 radical (unpaired) electrons. The van der Waals surface area contributed by atoms with Gasteiger partial charge in [-0.05, 0) is 24.3 Å². The van der Waals surface area contributed by atoms with Gasteiger partial charge in [0.05, 0.1) is 13.1 Å². The maximum absolute atomic E-state index is 11.2. The van der Waals surface area contributed by atoms with E-state index in [0.29, 0.717) is 0 Å². The van der Waals surface area contributed by atoms with Crippen LogP contribution >= 0.6 is 15.9 Å². The van der Waals surface area contributed by atoms with Gasteiger partial charge in [-0.15, -0.1) is 6.42 Å². The number of terminal acetylenes is 1. The first kappa shape index (κ1) is 11.6. The van der Waals surface area contributed by atoms with E-state index in [2.05, 4.69) is 32.5 Å². The molecule has 0 unspecified atom stereocenters. The van der Waals surface area contributed by atoms with Crippen LogP contribution in [0.15, 0.2) is 28.7 Å². The number of carbonyl (C=O) groups is 1. The van der Waals surface area contributed by atoms with Crippen LogP contribution < -0.4 is 10.6 Å². The molecule has 15 heavy (non-hydrogen) atoms. The second kappa shape index (κ2) is 6.10. The molecule has 3 nitrogen and oxygen atoms in total. The van der Waals surface area contributed by atoms with Gasteiger partial charge in [0.25, 0.3) is 0 Å². The number of amides is 1. The van der Waals surface area contributed by atoms with Gasteiger partial charge in [0.1, 0.15) is 0 Å². The molecule has 2 N–H and O–H groups in total. The van der Waals surface area contributed by atoms with Crippen molar-refractivity contribution in [1.29, 1.82) is 0 Å². The number of carbonyl (C=O) groups excluding carboxylic acids is 1. The molecule has 0 spiro atoms. The Kier molecular flexibility index (Phi) is 4.72. The topological polar surface area (TPSA) is 41.1 Å². The molecule has 78 valence electrons. The van der Waals surface area contributed by atoms with Crippen molar-refractivity contribution in [2.45, 2.75) is 0 Å². The third-order valence-corrected chi connectivity index (χ3v) is 2.21. The second-order valence-corrected chi connectivity index (χ2v) is 3.76. The average Bonchev–Trinajstić information content (AvgIpc) is 2.25. The van der Waals surface area contributed by atoms with Crippen LogP contribution in [-0.4, -0.2) is 19.0 Å². The smallest absolute Gasteiger partial charge is 0.240 e. The minimum atomic E-state index is -0.115. The Morgan fingerprint density at radius 2 is 2.07 bits per heavy atom. The van der Waals surface area contributed by atoms with Gasteiger partial charge in [-0.2, -0.15) is 0 Å². The molecule has 0 aliphatic rings. The number of halogens is 1. The van der Waals surface area contributed by atoms with Crippen molar-refractivity contribution >= 4 is 27.5 Å². The zero-order valence-corrected chi connectivity index (χ0v) is 9.67. The van der Waals surface area contributed by atoms with Gasteiger partial charge in [-0.25, -0.2) is 0 Å². The summed E-state index contributed by atoms with van der Waals surface area (Å²) in [6, 6.07) is 7.58. The maximum Gasteiger partial charge on any atom is 0.240 e. The van der Waals surface area contributed by atoms with E-state index in [4.69, 9.17) is 6.42 Å². The van der Waals surface area contributed by atoms with Crippen molar-refractivity contribution in [3.63, 3.8) is 0 Å². The number of benzene rings is 1. The Bertz CT molecular complexity index is 367. The van der Waals surface area contributed by atoms with Crippen LogP contribution in [0.25, 0.3) is 0 Å². The summed E-state index contributed by atoms with van der Waals surface area (Å²) in [7, 11) is 0. The zero-order valence-electron chi connectivity index (χ0n) is 8.09. The molecule has 4 heteroatoms. The Morgan fingerprint density at radius 3 is 2.67 bits per heavy atom. The number of rotatable bonds is 4. The highest BCUT2D eigenvalue weighted by Crippen LogP contribution is 2.13. The average molecular weight is 267 g/mol. The van der Waals surface area contributed by atoms with Gasteiger partial charge in [0, 0.05) is 10.2 Å². The predicted molar refractivity (Wildman–Crippen MR) is 64.5 cm³/mol. The maximum atomic E-state index is 11.2. The predicted octanol–water partition coefficient (Wildman–Crippen LogP) is 1.61. The van der Waals surface area contributed by atoms with E-state index in [1.165, 1.54) is 0 Å². The molecule has 1 amide bonds. The quantitative estimate of drug-likeness (QED) is 0.814. The third-order valence-electron chi connectivity index (χ3n) is 1.68. The third kappa shape index (κ3) is 4.52. The standard InChI is InChI=1S/C11H11BrN2O/c1-2-7-13-11(15)8-14-10-5-3-9(12)4-6-10/h1,3-6,14H,7-8H2,(H,13,15). The van der Waals surface area contributed by atoms with Crippen LogP contribution in [0.1, 0.15) is 0 Å². The van der Waals surface area contributed by atoms with Crippen molar-refractivity contribution in [2.24, 2.45) is 0 Å². The lowest BCUT2D eigenvalue weighted by molar-refractivity contribution is -0.119. The summed E-state index contributed by atoms with van der Waals surface area (Å²) in [5, 5.41) is 5.55. The first-order valence-electron chi connectivity index (χ1n) is 4.42. The van der Waals surface area contributed by atoms with E-state index in [1.807, 2.05) is 24.3 Å². The van der Waals surface area contributed by atoms with E-state index in [9.17, 15) is 4.79 Å². The summed E-state index contributed by atoms with van der Waals surface area (Å²) in [5.74, 6) is 2.22. The molecule has 0 bridgehead atoms. The van der Waals surface area contributed by atoms with Crippen LogP contribution in [0.4, 0.5) is 5.69 Å². The largest absolute Gasteiger partial charge is 0.376 e. The lowest BCUT2D eigenvalue weighted by atomic mass is 10.3. The highest BCUT2D eigenvalue weighted by atomic mass is 79.9. The molecule has 0 aliphatic heterocycles. The summed E-state index contributed by atoms with van der Waals surface area (Å²) >= 11 is 3.33. The fourth-order valence-corrected chi connectivity index (χ4v) is 1.23. The van der Waals surface area contributed by atoms with E-state index < -0.39 is 0 Å². The van der Waals surface area contributed by atoms with Crippen LogP contribution in [-0.2, 0) is 4.79 Å². The van der Waals surface area contributed by atoms with Crippen LogP contribution in [0.3, 0.4) is 0 Å². The molecule has 0 heterocycles. The number of nitrogens with one attached hydrogen (secondary N) is 2. The van der Waals surface area contributed by atoms with Gasteiger partial charge in [0.15, 0.2) is 0 Å². The van der Waals surface area contributed by atoms with Crippen molar-refractivity contribution in [3.8, 4) is 12.3 Å². The van der Waals surface area contributed by atoms with E-state index >= 15 is 0 Å². The van der Waals surface area contributed by atoms with Crippen molar-refractivity contribution in [1.82, 2.24) is 5.32 Å². The molecule has 1 aromatic carbocycles. The normalized spacial score (nSPS) is 9.07. The Labute approximate surface area is 97.4 Å². The van der Waals surface area contributed by atoms with Gasteiger partial charge in [-0.1, -0.05) is 21.9 Å². The van der Waals surface area contributed by atoms with Crippen molar-refractivity contribution in [3.05, 3.63) is 28.7 Å². The summed E-state index contributed by atoms with van der Waals surface area (Å²) in [5.41, 5.74) is 0.897. The molecule has 0 aliphatic carbocycles. The fraction of sp³-hybridized carbons (Fsp3) is 0.182. The molecule has 1 rings (SSSR count). The number of hydrogen-bond acceptors (Lipinski definition) is 2. The fourth-order valence-electron chi connectivity index (χ4n) is 0.962. The highest BCUT2D eigenvalue weighted by molar-refractivity contribution is 9.10. The molecule has 0 atom stereocenters. The Hall–Kier alpha value is -1.47. The summed E-state index contributed by atoms with van der Waals surface area (Å²) in [6.07, 6.45) is 5.01. The monoisotopic (exact) mass is 266 g/mol. The SMILES string of the molecule is C#CCNC(=O)CNc1ccc(Br)cc1. The lowest BCUT2D eigenvalue weighted by Gasteiger charge is -2.05. The van der Waals surface area contributed by atoms with Crippen LogP contribution in [0, 0.1) is 12.3 Å². The molecular formula is C11H11BrN2O. The van der Waals surface area contributed by atoms with E-state index in [1.54, 1.807) is 0 Å². The second-order valence-electron chi connectivity index (χ2n) is 2.84. The highest BCUT2D eigenvalue weighted by Gasteiger charge is 1.98. The minimum Gasteiger partial charge on any atom is -0.376 e. The lowest BCUT2D eigenvalue weighted by Crippen LogP contribution is -2.29. The van der Waals surface area contributed by atoms with Crippen LogP contribution in [0.2, 0.25) is 0 Å². The van der Waals surface area contributed by atoms with Crippen molar-refractivity contribution < 1.29 is 4.79 Å². The Morgan fingerprint density at radius 1 is 1.40 bits per heavy atom. The summed E-state index contributed by atoms with van der Waals surface area (Å²) in [4.78, 5) is 11.2. The number of hydrogen-bond donors (Lipinski definition) is 2. The van der Waals surface area contributed by atoms with Gasteiger partial charge in [0.2, 0.25) is 5.91 Å². The number of anilines is 1. The minimum absolute atomic E-state index is 0.115. The van der Waals surface area contributed by atoms with E-state index in [-0.39, 0.29) is 19.0 Å². The first-order valence-corrected chi connectivity index (χ1v) is 5.21. The molecule has 1 aromatic rings. The Balaban J connectivity index is 2.34.